The number of Topliss-reactive ketones (excluding diaryl/α,β-unsaturated/α-hetero) is 1. The number of carbonyl (C=O) groups is 3. The van der Waals surface area contributed by atoms with Crippen LogP contribution in [0.2, 0.25) is 15.1 Å². The Hall–Kier alpha value is -2.97. The highest BCUT2D eigenvalue weighted by molar-refractivity contribution is 8.18. The Bertz CT molecular complexity index is 1440. The molecule has 0 aromatic heterocycles. The van der Waals surface area contributed by atoms with Crippen LogP contribution in [-0.2, 0) is 11.4 Å². The molecule has 1 saturated heterocycles. The number of anilines is 1. The first-order chi connectivity index (χ1) is 18.7. The second-order valence-corrected chi connectivity index (χ2v) is 10.9. The summed E-state index contributed by atoms with van der Waals surface area (Å²) in [6, 6.07) is 17.2. The smallest absolute Gasteiger partial charge is 0.293 e. The summed E-state index contributed by atoms with van der Waals surface area (Å²) in [5.41, 5.74) is 2.69. The highest BCUT2D eigenvalue weighted by Crippen LogP contribution is 2.36. The van der Waals surface area contributed by atoms with Crippen LogP contribution in [0.4, 0.5) is 10.5 Å². The van der Waals surface area contributed by atoms with Gasteiger partial charge in [-0.25, -0.2) is 0 Å². The SMILES string of the molecule is CCN(CC)c1ccc(/C=C2/SC(=O)N(CC(=O)c3ccc(Cl)cc3)C2=O)c(OCc2ccc(Cl)cc2Cl)c1. The quantitative estimate of drug-likeness (QED) is 0.173. The summed E-state index contributed by atoms with van der Waals surface area (Å²) in [7, 11) is 0. The van der Waals surface area contributed by atoms with E-state index in [2.05, 4.69) is 18.7 Å². The van der Waals surface area contributed by atoms with E-state index in [0.717, 1.165) is 41.0 Å². The van der Waals surface area contributed by atoms with Gasteiger partial charge in [-0.15, -0.1) is 0 Å². The summed E-state index contributed by atoms with van der Waals surface area (Å²) < 4.78 is 6.17. The molecule has 39 heavy (non-hydrogen) atoms. The van der Waals surface area contributed by atoms with Crippen LogP contribution in [0.3, 0.4) is 0 Å². The van der Waals surface area contributed by atoms with E-state index >= 15 is 0 Å². The highest BCUT2D eigenvalue weighted by Gasteiger charge is 2.36. The average molecular weight is 604 g/mol. The average Bonchev–Trinajstić information content (AvgIpc) is 3.17. The van der Waals surface area contributed by atoms with E-state index in [1.807, 2.05) is 18.2 Å². The zero-order valence-corrected chi connectivity index (χ0v) is 24.3. The summed E-state index contributed by atoms with van der Waals surface area (Å²) in [5.74, 6) is -0.371. The number of ketones is 1. The predicted molar refractivity (Wildman–Crippen MR) is 159 cm³/mol. The van der Waals surface area contributed by atoms with Crippen molar-refractivity contribution in [2.24, 2.45) is 0 Å². The molecule has 3 aromatic carbocycles. The molecule has 0 N–H and O–H groups in total. The van der Waals surface area contributed by atoms with Gasteiger partial charge in [0.15, 0.2) is 5.78 Å². The lowest BCUT2D eigenvalue weighted by atomic mass is 10.1. The van der Waals surface area contributed by atoms with E-state index in [4.69, 9.17) is 39.5 Å². The second kappa shape index (κ2) is 12.9. The number of rotatable bonds is 10. The van der Waals surface area contributed by atoms with Gasteiger partial charge in [0.1, 0.15) is 12.4 Å². The van der Waals surface area contributed by atoms with Gasteiger partial charge in [0, 0.05) is 56.6 Å². The van der Waals surface area contributed by atoms with Gasteiger partial charge in [-0.1, -0.05) is 40.9 Å². The van der Waals surface area contributed by atoms with Crippen LogP contribution in [0.1, 0.15) is 35.3 Å². The van der Waals surface area contributed by atoms with Crippen LogP contribution >= 0.6 is 46.6 Å². The number of hydrogen-bond acceptors (Lipinski definition) is 6. The maximum atomic E-state index is 13.1. The number of benzene rings is 3. The van der Waals surface area contributed by atoms with Crippen LogP contribution in [-0.4, -0.2) is 41.5 Å². The Morgan fingerprint density at radius 1 is 0.949 bits per heavy atom. The molecule has 1 heterocycles. The lowest BCUT2D eigenvalue weighted by molar-refractivity contribution is -0.122. The molecule has 6 nitrogen and oxygen atoms in total. The predicted octanol–water partition coefficient (Wildman–Crippen LogP) is 7.99. The molecule has 0 bridgehead atoms. The first-order valence-electron chi connectivity index (χ1n) is 12.2. The van der Waals surface area contributed by atoms with Gasteiger partial charge in [-0.3, -0.25) is 19.3 Å². The van der Waals surface area contributed by atoms with Gasteiger partial charge >= 0.3 is 0 Å². The van der Waals surface area contributed by atoms with Crippen molar-refractivity contribution >= 4 is 75.3 Å². The van der Waals surface area contributed by atoms with Gasteiger partial charge in [0.2, 0.25) is 0 Å². The normalized spacial score (nSPS) is 14.3. The molecule has 0 unspecified atom stereocenters. The van der Waals surface area contributed by atoms with Gasteiger partial charge in [0.05, 0.1) is 11.4 Å². The van der Waals surface area contributed by atoms with E-state index in [-0.39, 0.29) is 23.8 Å². The summed E-state index contributed by atoms with van der Waals surface area (Å²) in [5, 5.41) is 0.987. The van der Waals surface area contributed by atoms with Crippen LogP contribution in [0.25, 0.3) is 6.08 Å². The molecule has 1 fully saturated rings. The van der Waals surface area contributed by atoms with E-state index in [0.29, 0.717) is 31.9 Å². The van der Waals surface area contributed by atoms with Gasteiger partial charge in [-0.05, 0) is 80.2 Å². The van der Waals surface area contributed by atoms with Crippen LogP contribution in [0.5, 0.6) is 5.75 Å². The topological polar surface area (TPSA) is 66.9 Å². The van der Waals surface area contributed by atoms with Crippen molar-refractivity contribution in [3.05, 3.63) is 97.3 Å². The number of hydrogen-bond donors (Lipinski definition) is 0. The fourth-order valence-corrected chi connectivity index (χ4v) is 5.41. The molecule has 1 aliphatic rings. The number of thioether (sulfide) groups is 1. The fraction of sp³-hybridized carbons (Fsp3) is 0.207. The molecular weight excluding hydrogens is 579 g/mol. The summed E-state index contributed by atoms with van der Waals surface area (Å²) >= 11 is 19.0. The Labute approximate surface area is 246 Å². The molecule has 0 radical (unpaired) electrons. The third kappa shape index (κ3) is 6.97. The molecule has 0 saturated carbocycles. The van der Waals surface area contributed by atoms with Crippen molar-refractivity contribution in [2.75, 3.05) is 24.5 Å². The second-order valence-electron chi connectivity index (χ2n) is 8.62. The Morgan fingerprint density at radius 3 is 2.31 bits per heavy atom. The third-order valence-electron chi connectivity index (χ3n) is 6.15. The molecule has 0 spiro atoms. The zero-order chi connectivity index (χ0) is 28.1. The first-order valence-corrected chi connectivity index (χ1v) is 14.1. The highest BCUT2D eigenvalue weighted by atomic mass is 35.5. The van der Waals surface area contributed by atoms with Crippen LogP contribution in [0.15, 0.2) is 65.6 Å². The molecule has 202 valence electrons. The van der Waals surface area contributed by atoms with Gasteiger partial charge in [-0.2, -0.15) is 0 Å². The van der Waals surface area contributed by atoms with E-state index < -0.39 is 11.1 Å². The molecule has 1 aliphatic heterocycles. The summed E-state index contributed by atoms with van der Waals surface area (Å²) in [6.07, 6.45) is 1.61. The minimum atomic E-state index is -0.535. The maximum absolute atomic E-state index is 13.1. The van der Waals surface area contributed by atoms with Crippen LogP contribution < -0.4 is 9.64 Å². The number of halogens is 3. The third-order valence-corrected chi connectivity index (χ3v) is 7.90. The molecule has 0 atom stereocenters. The molecule has 10 heteroatoms. The van der Waals surface area contributed by atoms with E-state index in [1.54, 1.807) is 48.5 Å². The maximum Gasteiger partial charge on any atom is 0.293 e. The minimum absolute atomic E-state index is 0.176. The molecule has 0 aliphatic carbocycles. The van der Waals surface area contributed by atoms with E-state index in [9.17, 15) is 14.4 Å². The summed E-state index contributed by atoms with van der Waals surface area (Å²) in [4.78, 5) is 41.8. The van der Waals surface area contributed by atoms with Crippen molar-refractivity contribution in [1.29, 1.82) is 0 Å². The van der Waals surface area contributed by atoms with Crippen molar-refractivity contribution in [1.82, 2.24) is 4.90 Å². The summed E-state index contributed by atoms with van der Waals surface area (Å²) in [6.45, 7) is 5.55. The lowest BCUT2D eigenvalue weighted by Crippen LogP contribution is -2.33. The number of ether oxygens (including phenoxy) is 1. The Morgan fingerprint density at radius 2 is 1.64 bits per heavy atom. The van der Waals surface area contributed by atoms with Crippen LogP contribution in [0, 0.1) is 0 Å². The number of carbonyl (C=O) groups excluding carboxylic acids is 3. The standard InChI is InChI=1S/C29H25Cl3N2O4S/c1-3-33(4-2)23-12-8-19(26(15-23)38-17-20-7-11-22(31)14-24(20)32)13-27-28(36)34(29(37)39-27)16-25(35)18-5-9-21(30)10-6-18/h5-15H,3-4,16-17H2,1-2H3/b27-13+. The van der Waals surface area contributed by atoms with Gasteiger partial charge < -0.3 is 9.64 Å². The first kappa shape index (κ1) is 29.0. The molecule has 2 amide bonds. The van der Waals surface area contributed by atoms with E-state index in [1.165, 1.54) is 0 Å². The van der Waals surface area contributed by atoms with Crippen molar-refractivity contribution in [2.45, 2.75) is 20.5 Å². The zero-order valence-electron chi connectivity index (χ0n) is 21.2. The number of amides is 2. The Balaban J connectivity index is 1.60. The van der Waals surface area contributed by atoms with Crippen molar-refractivity contribution in [3.63, 3.8) is 0 Å². The molecule has 3 aromatic rings. The lowest BCUT2D eigenvalue weighted by Gasteiger charge is -2.22. The van der Waals surface area contributed by atoms with Gasteiger partial charge in [0.25, 0.3) is 11.1 Å². The van der Waals surface area contributed by atoms with Crippen molar-refractivity contribution in [3.8, 4) is 5.75 Å². The molecule has 4 rings (SSSR count). The molecular formula is C29H25Cl3N2O4S. The monoisotopic (exact) mass is 602 g/mol. The fourth-order valence-electron chi connectivity index (χ4n) is 4.00. The largest absolute Gasteiger partial charge is 0.488 e. The Kier molecular flexibility index (Phi) is 9.62. The number of nitrogens with zero attached hydrogens (tertiary/aromatic N) is 2. The van der Waals surface area contributed by atoms with Crippen molar-refractivity contribution < 1.29 is 19.1 Å². The number of imide groups is 1. The minimum Gasteiger partial charge on any atom is -0.488 e.